The van der Waals surface area contributed by atoms with Crippen molar-refractivity contribution in [3.05, 3.63) is 24.3 Å². The zero-order valence-electron chi connectivity index (χ0n) is 11.2. The Labute approximate surface area is 114 Å². The van der Waals surface area contributed by atoms with Crippen LogP contribution in [0.5, 0.6) is 0 Å². The van der Waals surface area contributed by atoms with Crippen molar-refractivity contribution < 1.29 is 4.79 Å². The van der Waals surface area contributed by atoms with Gasteiger partial charge in [0, 0.05) is 24.5 Å². The predicted molar refractivity (Wildman–Crippen MR) is 77.5 cm³/mol. The number of nitrogens with zero attached hydrogens (tertiary/aromatic N) is 1. The molecule has 4 heteroatoms. The van der Waals surface area contributed by atoms with Crippen molar-refractivity contribution in [1.82, 2.24) is 5.32 Å². The van der Waals surface area contributed by atoms with Crippen LogP contribution in [0.3, 0.4) is 0 Å². The molecule has 0 unspecified atom stereocenters. The maximum atomic E-state index is 12.1. The van der Waals surface area contributed by atoms with Crippen LogP contribution in [0.25, 0.3) is 0 Å². The van der Waals surface area contributed by atoms with E-state index in [1.54, 1.807) is 0 Å². The highest BCUT2D eigenvalue weighted by molar-refractivity contribution is 5.95. The average Bonchev–Trinajstić information content (AvgIpc) is 3.13. The van der Waals surface area contributed by atoms with Gasteiger partial charge >= 0.3 is 0 Å². The topological polar surface area (TPSA) is 44.4 Å². The number of hydrogen-bond acceptors (Lipinski definition) is 3. The minimum absolute atomic E-state index is 0.0181. The molecule has 2 saturated heterocycles. The smallest absolute Gasteiger partial charge is 0.241 e. The molecule has 0 bridgehead atoms. The molecule has 2 heterocycles. The van der Waals surface area contributed by atoms with Gasteiger partial charge in [0.15, 0.2) is 0 Å². The number of benzene rings is 1. The van der Waals surface area contributed by atoms with E-state index >= 15 is 0 Å². The van der Waals surface area contributed by atoms with Crippen molar-refractivity contribution in [2.45, 2.75) is 31.7 Å². The lowest BCUT2D eigenvalue weighted by Crippen LogP contribution is -2.35. The zero-order valence-corrected chi connectivity index (χ0v) is 11.2. The first-order valence-corrected chi connectivity index (χ1v) is 7.22. The molecule has 0 spiro atoms. The lowest BCUT2D eigenvalue weighted by atomic mass is 10.2. The third kappa shape index (κ3) is 2.89. The quantitative estimate of drug-likeness (QED) is 0.872. The number of carbonyl (C=O) groups is 1. The first kappa shape index (κ1) is 12.5. The van der Waals surface area contributed by atoms with Gasteiger partial charge in [-0.05, 0) is 50.4 Å². The molecule has 2 aliphatic rings. The van der Waals surface area contributed by atoms with E-state index in [-0.39, 0.29) is 11.9 Å². The standard InChI is InChI=1S/C15H21N3O/c19-15(14-7-4-8-16-14)17-12-5-3-6-13(11-12)18-9-1-2-10-18/h3,5-6,11,14,16H,1-2,4,7-10H2,(H,17,19)/t14-/m0/s1. The summed E-state index contributed by atoms with van der Waals surface area (Å²) < 4.78 is 0. The van der Waals surface area contributed by atoms with Gasteiger partial charge in [0.1, 0.15) is 0 Å². The molecule has 0 aromatic heterocycles. The van der Waals surface area contributed by atoms with Crippen LogP contribution in [0.4, 0.5) is 11.4 Å². The van der Waals surface area contributed by atoms with Gasteiger partial charge in [0.05, 0.1) is 6.04 Å². The number of carbonyl (C=O) groups excluding carboxylic acids is 1. The van der Waals surface area contributed by atoms with E-state index in [0.29, 0.717) is 0 Å². The fourth-order valence-corrected chi connectivity index (χ4v) is 2.89. The summed E-state index contributed by atoms with van der Waals surface area (Å²) in [5.41, 5.74) is 2.12. The maximum absolute atomic E-state index is 12.1. The van der Waals surface area contributed by atoms with E-state index in [1.165, 1.54) is 18.5 Å². The number of rotatable bonds is 3. The van der Waals surface area contributed by atoms with E-state index in [4.69, 9.17) is 0 Å². The van der Waals surface area contributed by atoms with Crippen LogP contribution in [-0.4, -0.2) is 31.6 Å². The number of nitrogens with one attached hydrogen (secondary N) is 2. The lowest BCUT2D eigenvalue weighted by Gasteiger charge is -2.19. The molecule has 4 nitrogen and oxygen atoms in total. The first-order chi connectivity index (χ1) is 9.33. The summed E-state index contributed by atoms with van der Waals surface area (Å²) in [6.45, 7) is 3.20. The summed E-state index contributed by atoms with van der Waals surface area (Å²) in [5, 5.41) is 6.24. The van der Waals surface area contributed by atoms with Crippen molar-refractivity contribution in [2.24, 2.45) is 0 Å². The highest BCUT2D eigenvalue weighted by atomic mass is 16.2. The fraction of sp³-hybridized carbons (Fsp3) is 0.533. The highest BCUT2D eigenvalue weighted by Crippen LogP contribution is 2.23. The van der Waals surface area contributed by atoms with Gasteiger partial charge in [-0.1, -0.05) is 6.07 Å². The fourth-order valence-electron chi connectivity index (χ4n) is 2.89. The Hall–Kier alpha value is -1.55. The van der Waals surface area contributed by atoms with Crippen molar-refractivity contribution in [2.75, 3.05) is 29.9 Å². The van der Waals surface area contributed by atoms with Crippen LogP contribution in [0.1, 0.15) is 25.7 Å². The second kappa shape index (κ2) is 5.61. The van der Waals surface area contributed by atoms with Crippen molar-refractivity contribution in [3.8, 4) is 0 Å². The Kier molecular flexibility index (Phi) is 3.69. The normalized spacial score (nSPS) is 22.7. The van der Waals surface area contributed by atoms with Gasteiger partial charge in [0.25, 0.3) is 0 Å². The van der Waals surface area contributed by atoms with Gasteiger partial charge in [-0.25, -0.2) is 0 Å². The number of anilines is 2. The number of hydrogen-bond donors (Lipinski definition) is 2. The molecule has 1 amide bonds. The van der Waals surface area contributed by atoms with E-state index in [2.05, 4.69) is 27.7 Å². The Morgan fingerprint density at radius 1 is 1.26 bits per heavy atom. The second-order valence-electron chi connectivity index (χ2n) is 5.38. The summed E-state index contributed by atoms with van der Waals surface area (Å²) in [5.74, 6) is 0.0936. The lowest BCUT2D eigenvalue weighted by molar-refractivity contribution is -0.117. The molecule has 102 valence electrons. The van der Waals surface area contributed by atoms with Gasteiger partial charge in [-0.3, -0.25) is 4.79 Å². The molecule has 0 saturated carbocycles. The van der Waals surface area contributed by atoms with Gasteiger partial charge in [-0.15, -0.1) is 0 Å². The minimum Gasteiger partial charge on any atom is -0.371 e. The van der Waals surface area contributed by atoms with E-state index in [9.17, 15) is 4.79 Å². The van der Waals surface area contributed by atoms with Crippen LogP contribution in [0.15, 0.2) is 24.3 Å². The van der Waals surface area contributed by atoms with Gasteiger partial charge in [-0.2, -0.15) is 0 Å². The molecule has 1 atom stereocenters. The maximum Gasteiger partial charge on any atom is 0.241 e. The summed E-state index contributed by atoms with van der Waals surface area (Å²) >= 11 is 0. The zero-order chi connectivity index (χ0) is 13.1. The summed E-state index contributed by atoms with van der Waals surface area (Å²) in [6, 6.07) is 8.17. The number of amides is 1. The summed E-state index contributed by atoms with van der Waals surface area (Å²) in [4.78, 5) is 14.4. The van der Waals surface area contributed by atoms with E-state index < -0.39 is 0 Å². The van der Waals surface area contributed by atoms with Crippen molar-refractivity contribution in [1.29, 1.82) is 0 Å². The van der Waals surface area contributed by atoms with Crippen LogP contribution in [0.2, 0.25) is 0 Å². The molecule has 0 radical (unpaired) electrons. The van der Waals surface area contributed by atoms with Crippen molar-refractivity contribution in [3.63, 3.8) is 0 Å². The molecule has 2 aliphatic heterocycles. The molecule has 19 heavy (non-hydrogen) atoms. The molecule has 1 aromatic carbocycles. The Morgan fingerprint density at radius 2 is 2.11 bits per heavy atom. The van der Waals surface area contributed by atoms with Crippen LogP contribution >= 0.6 is 0 Å². The minimum atomic E-state index is -0.0181. The van der Waals surface area contributed by atoms with Crippen LogP contribution in [0, 0.1) is 0 Å². The first-order valence-electron chi connectivity index (χ1n) is 7.22. The Balaban J connectivity index is 1.66. The van der Waals surface area contributed by atoms with Gasteiger partial charge in [0.2, 0.25) is 5.91 Å². The highest BCUT2D eigenvalue weighted by Gasteiger charge is 2.22. The monoisotopic (exact) mass is 259 g/mol. The van der Waals surface area contributed by atoms with E-state index in [1.807, 2.05) is 12.1 Å². The Morgan fingerprint density at radius 3 is 2.84 bits per heavy atom. The SMILES string of the molecule is O=C(Nc1cccc(N2CCCC2)c1)[C@@H]1CCCN1. The van der Waals surface area contributed by atoms with Gasteiger partial charge < -0.3 is 15.5 Å². The third-order valence-corrected chi connectivity index (χ3v) is 3.96. The summed E-state index contributed by atoms with van der Waals surface area (Å²) in [7, 11) is 0. The predicted octanol–water partition coefficient (Wildman–Crippen LogP) is 1.98. The molecule has 2 N–H and O–H groups in total. The Bertz CT molecular complexity index is 448. The molecule has 0 aliphatic carbocycles. The van der Waals surface area contributed by atoms with Crippen LogP contribution < -0.4 is 15.5 Å². The molecule has 2 fully saturated rings. The summed E-state index contributed by atoms with van der Waals surface area (Å²) in [6.07, 6.45) is 4.56. The van der Waals surface area contributed by atoms with Crippen molar-refractivity contribution >= 4 is 17.3 Å². The average molecular weight is 259 g/mol. The largest absolute Gasteiger partial charge is 0.371 e. The molecular formula is C15H21N3O. The second-order valence-corrected chi connectivity index (χ2v) is 5.38. The molecular weight excluding hydrogens is 238 g/mol. The molecule has 1 aromatic rings. The third-order valence-electron chi connectivity index (χ3n) is 3.96. The van der Waals surface area contributed by atoms with E-state index in [0.717, 1.165) is 38.2 Å². The van der Waals surface area contributed by atoms with Crippen LogP contribution in [-0.2, 0) is 4.79 Å². The molecule has 3 rings (SSSR count).